The summed E-state index contributed by atoms with van der Waals surface area (Å²) in [6, 6.07) is 14.1. The molecule has 0 aliphatic carbocycles. The van der Waals surface area contributed by atoms with Crippen LogP contribution in [0.2, 0.25) is 0 Å². The molecule has 0 saturated heterocycles. The van der Waals surface area contributed by atoms with Crippen molar-refractivity contribution in [2.45, 2.75) is 27.2 Å². The lowest BCUT2D eigenvalue weighted by Gasteiger charge is -2.13. The van der Waals surface area contributed by atoms with Crippen molar-refractivity contribution in [2.75, 3.05) is 13.2 Å². The lowest BCUT2D eigenvalue weighted by atomic mass is 10.1. The highest BCUT2D eigenvalue weighted by Crippen LogP contribution is 2.29. The van der Waals surface area contributed by atoms with Gasteiger partial charge in [-0.3, -0.25) is 9.67 Å². The number of hydrogen-bond donors (Lipinski definition) is 1. The molecule has 0 radical (unpaired) electrons. The topological polar surface area (TPSA) is 52.1 Å². The first-order valence-corrected chi connectivity index (χ1v) is 9.15. The summed E-state index contributed by atoms with van der Waals surface area (Å²) in [5, 5.41) is 7.35. The second-order valence-electron chi connectivity index (χ2n) is 5.89. The van der Waals surface area contributed by atoms with Gasteiger partial charge in [-0.2, -0.15) is 5.10 Å². The number of nitrogens with zero attached hydrogens (tertiary/aromatic N) is 2. The van der Waals surface area contributed by atoms with Crippen molar-refractivity contribution in [1.82, 2.24) is 14.8 Å². The van der Waals surface area contributed by atoms with Crippen LogP contribution < -0.4 is 9.47 Å². The van der Waals surface area contributed by atoms with E-state index >= 15 is 0 Å². The zero-order valence-electron chi connectivity index (χ0n) is 15.3. The maximum atomic E-state index is 5.73. The maximum Gasteiger partial charge on any atom is 0.199 e. The van der Waals surface area contributed by atoms with Crippen molar-refractivity contribution in [2.24, 2.45) is 0 Å². The fraction of sp³-hybridized carbons (Fsp3) is 0.300. The average molecular weight is 369 g/mol. The molecule has 0 unspecified atom stereocenters. The quantitative estimate of drug-likeness (QED) is 0.617. The molecule has 0 aliphatic rings. The largest absolute Gasteiger partial charge is 0.490 e. The van der Waals surface area contributed by atoms with E-state index in [4.69, 9.17) is 21.7 Å². The molecular weight excluding hydrogens is 346 g/mol. The van der Waals surface area contributed by atoms with Crippen LogP contribution in [0.15, 0.2) is 42.5 Å². The van der Waals surface area contributed by atoms with E-state index < -0.39 is 0 Å². The number of H-pyrrole nitrogens is 1. The van der Waals surface area contributed by atoms with Crippen molar-refractivity contribution >= 4 is 12.2 Å². The number of aromatic nitrogens is 3. The predicted molar refractivity (Wildman–Crippen MR) is 105 cm³/mol. The van der Waals surface area contributed by atoms with Crippen LogP contribution in [0.25, 0.3) is 5.69 Å². The Labute approximate surface area is 158 Å². The summed E-state index contributed by atoms with van der Waals surface area (Å²) in [7, 11) is 0. The highest BCUT2D eigenvalue weighted by atomic mass is 32.1. The summed E-state index contributed by atoms with van der Waals surface area (Å²) in [5.41, 5.74) is 3.27. The van der Waals surface area contributed by atoms with Gasteiger partial charge in [0.25, 0.3) is 0 Å². The van der Waals surface area contributed by atoms with E-state index in [2.05, 4.69) is 23.2 Å². The molecule has 3 aromatic rings. The maximum absolute atomic E-state index is 5.73. The number of rotatable bonds is 7. The van der Waals surface area contributed by atoms with Gasteiger partial charge in [-0.1, -0.05) is 24.3 Å². The Morgan fingerprint density at radius 2 is 1.77 bits per heavy atom. The number of hydrogen-bond acceptors (Lipinski definition) is 4. The van der Waals surface area contributed by atoms with Crippen LogP contribution in [0, 0.1) is 11.7 Å². The standard InChI is InChI=1S/C20H23N3O2S/c1-4-24-17-11-10-15(12-18(17)25-5-2)13-19-21-22-20(26)23(19)16-9-7-6-8-14(16)3/h6-12H,4-5,13H2,1-3H3,(H,22,26). The summed E-state index contributed by atoms with van der Waals surface area (Å²) in [6.07, 6.45) is 0.633. The minimum atomic E-state index is 0.588. The molecule has 5 nitrogen and oxygen atoms in total. The first kappa shape index (κ1) is 18.2. The van der Waals surface area contributed by atoms with Crippen LogP contribution in [0.4, 0.5) is 0 Å². The summed E-state index contributed by atoms with van der Waals surface area (Å²) in [6.45, 7) is 7.18. The fourth-order valence-electron chi connectivity index (χ4n) is 2.90. The van der Waals surface area contributed by atoms with E-state index in [1.54, 1.807) is 0 Å². The van der Waals surface area contributed by atoms with Crippen LogP contribution in [0.3, 0.4) is 0 Å². The zero-order chi connectivity index (χ0) is 18.5. The lowest BCUT2D eigenvalue weighted by Crippen LogP contribution is -2.05. The monoisotopic (exact) mass is 369 g/mol. The summed E-state index contributed by atoms with van der Waals surface area (Å²) in [5.74, 6) is 2.37. The number of aryl methyl sites for hydroxylation is 1. The lowest BCUT2D eigenvalue weighted by molar-refractivity contribution is 0.287. The number of benzene rings is 2. The van der Waals surface area contributed by atoms with E-state index in [1.807, 2.05) is 54.8 Å². The van der Waals surface area contributed by atoms with Crippen molar-refractivity contribution in [1.29, 1.82) is 0 Å². The third-order valence-corrected chi connectivity index (χ3v) is 4.34. The van der Waals surface area contributed by atoms with Crippen LogP contribution >= 0.6 is 12.2 Å². The predicted octanol–water partition coefficient (Wildman–Crippen LogP) is 4.63. The molecule has 0 aliphatic heterocycles. The van der Waals surface area contributed by atoms with Crippen molar-refractivity contribution in [3.63, 3.8) is 0 Å². The van der Waals surface area contributed by atoms with Gasteiger partial charge in [0.1, 0.15) is 5.82 Å². The molecule has 2 aromatic carbocycles. The van der Waals surface area contributed by atoms with Crippen LogP contribution in [-0.4, -0.2) is 28.0 Å². The molecule has 136 valence electrons. The molecule has 0 atom stereocenters. The number of ether oxygens (including phenoxy) is 2. The average Bonchev–Trinajstić information content (AvgIpc) is 2.98. The third kappa shape index (κ3) is 3.80. The first-order chi connectivity index (χ1) is 12.6. The Hall–Kier alpha value is -2.60. The van der Waals surface area contributed by atoms with Gasteiger partial charge in [-0.05, 0) is 62.3 Å². The fourth-order valence-corrected chi connectivity index (χ4v) is 3.15. The van der Waals surface area contributed by atoms with E-state index in [9.17, 15) is 0 Å². The van der Waals surface area contributed by atoms with Gasteiger partial charge in [-0.25, -0.2) is 0 Å². The van der Waals surface area contributed by atoms with Crippen molar-refractivity contribution in [3.05, 3.63) is 64.2 Å². The second-order valence-corrected chi connectivity index (χ2v) is 6.28. The highest BCUT2D eigenvalue weighted by molar-refractivity contribution is 7.71. The number of aromatic amines is 1. The Kier molecular flexibility index (Phi) is 5.73. The van der Waals surface area contributed by atoms with Gasteiger partial charge in [0, 0.05) is 6.42 Å². The first-order valence-electron chi connectivity index (χ1n) is 8.74. The molecule has 6 heteroatoms. The van der Waals surface area contributed by atoms with Gasteiger partial charge in [0.2, 0.25) is 0 Å². The van der Waals surface area contributed by atoms with Gasteiger partial charge < -0.3 is 9.47 Å². The SMILES string of the molecule is CCOc1ccc(Cc2n[nH]c(=S)n2-c2ccccc2C)cc1OCC. The molecule has 3 rings (SSSR count). The smallest absolute Gasteiger partial charge is 0.199 e. The van der Waals surface area contributed by atoms with Gasteiger partial charge in [0.05, 0.1) is 18.9 Å². The molecule has 0 bridgehead atoms. The Balaban J connectivity index is 1.97. The molecule has 1 N–H and O–H groups in total. The Morgan fingerprint density at radius 3 is 2.50 bits per heavy atom. The molecule has 1 heterocycles. The van der Waals surface area contributed by atoms with Gasteiger partial charge >= 0.3 is 0 Å². The third-order valence-electron chi connectivity index (χ3n) is 4.07. The number of nitrogens with one attached hydrogen (secondary N) is 1. The molecule has 0 spiro atoms. The molecule has 26 heavy (non-hydrogen) atoms. The highest BCUT2D eigenvalue weighted by Gasteiger charge is 2.13. The molecular formula is C20H23N3O2S. The zero-order valence-corrected chi connectivity index (χ0v) is 16.1. The van der Waals surface area contributed by atoms with Crippen LogP contribution in [0.1, 0.15) is 30.8 Å². The number of para-hydroxylation sites is 1. The minimum Gasteiger partial charge on any atom is -0.490 e. The Bertz CT molecular complexity index is 946. The van der Waals surface area contributed by atoms with Gasteiger partial charge in [-0.15, -0.1) is 0 Å². The second kappa shape index (κ2) is 8.19. The van der Waals surface area contributed by atoms with Gasteiger partial charge in [0.15, 0.2) is 16.3 Å². The van der Waals surface area contributed by atoms with Crippen molar-refractivity contribution in [3.8, 4) is 17.2 Å². The molecule has 0 fully saturated rings. The summed E-state index contributed by atoms with van der Waals surface area (Å²) < 4.78 is 13.9. The molecule has 1 aromatic heterocycles. The van der Waals surface area contributed by atoms with Crippen LogP contribution in [0.5, 0.6) is 11.5 Å². The summed E-state index contributed by atoms with van der Waals surface area (Å²) in [4.78, 5) is 0. The van der Waals surface area contributed by atoms with E-state index in [0.717, 1.165) is 34.1 Å². The van der Waals surface area contributed by atoms with E-state index in [1.165, 1.54) is 0 Å². The summed E-state index contributed by atoms with van der Waals surface area (Å²) >= 11 is 5.45. The molecule has 0 saturated carbocycles. The normalized spacial score (nSPS) is 10.7. The van der Waals surface area contributed by atoms with E-state index in [-0.39, 0.29) is 0 Å². The van der Waals surface area contributed by atoms with Crippen LogP contribution in [-0.2, 0) is 6.42 Å². The molecule has 0 amide bonds. The minimum absolute atomic E-state index is 0.588. The van der Waals surface area contributed by atoms with Crippen molar-refractivity contribution < 1.29 is 9.47 Å². The Morgan fingerprint density at radius 1 is 1.04 bits per heavy atom. The van der Waals surface area contributed by atoms with E-state index in [0.29, 0.717) is 24.4 Å².